The third kappa shape index (κ3) is 2.01. The number of esters is 1. The lowest BCUT2D eigenvalue weighted by Gasteiger charge is -2.02. The van der Waals surface area contributed by atoms with E-state index in [1.54, 1.807) is 12.1 Å². The minimum atomic E-state index is -0.555. The van der Waals surface area contributed by atoms with Crippen molar-refractivity contribution in [1.82, 2.24) is 0 Å². The summed E-state index contributed by atoms with van der Waals surface area (Å²) in [7, 11) is 1.30. The summed E-state index contributed by atoms with van der Waals surface area (Å²) < 4.78 is 15.5. The third-order valence-electron chi connectivity index (χ3n) is 2.27. The van der Waals surface area contributed by atoms with Gasteiger partial charge in [0, 0.05) is 0 Å². The lowest BCUT2D eigenvalue weighted by atomic mass is 10.2. The van der Waals surface area contributed by atoms with Crippen LogP contribution in [0.15, 0.2) is 41.3 Å². The molecule has 2 aromatic rings. The van der Waals surface area contributed by atoms with Gasteiger partial charge in [0.1, 0.15) is 12.2 Å². The molecule has 4 nitrogen and oxygen atoms in total. The van der Waals surface area contributed by atoms with E-state index in [-0.39, 0.29) is 5.76 Å². The summed E-state index contributed by atoms with van der Waals surface area (Å²) in [5, 5.41) is 0.745. The van der Waals surface area contributed by atoms with E-state index in [9.17, 15) is 4.79 Å². The maximum absolute atomic E-state index is 11.5. The summed E-state index contributed by atoms with van der Waals surface area (Å²) in [6, 6.07) is 7.26. The van der Waals surface area contributed by atoms with Gasteiger partial charge in [0.25, 0.3) is 5.76 Å². The monoisotopic (exact) mass is 232 g/mol. The molecule has 0 aliphatic heterocycles. The Labute approximate surface area is 98.4 Å². The van der Waals surface area contributed by atoms with Crippen molar-refractivity contribution < 1.29 is 18.7 Å². The van der Waals surface area contributed by atoms with E-state index in [2.05, 4.69) is 11.3 Å². The lowest BCUT2D eigenvalue weighted by Crippen LogP contribution is -2.03. The summed E-state index contributed by atoms with van der Waals surface area (Å²) in [5.74, 6) is -0.0804. The zero-order valence-corrected chi connectivity index (χ0v) is 9.43. The van der Waals surface area contributed by atoms with Gasteiger partial charge in [-0.1, -0.05) is 24.8 Å². The number of ether oxygens (including phenoxy) is 2. The molecule has 0 bridgehead atoms. The summed E-state index contributed by atoms with van der Waals surface area (Å²) in [6.45, 7) is 3.86. The highest BCUT2D eigenvalue weighted by Gasteiger charge is 2.22. The van der Waals surface area contributed by atoms with Gasteiger partial charge in [0.05, 0.1) is 12.5 Å². The van der Waals surface area contributed by atoms with Crippen LogP contribution in [0.25, 0.3) is 11.0 Å². The van der Waals surface area contributed by atoms with Crippen LogP contribution >= 0.6 is 0 Å². The molecule has 0 radical (unpaired) electrons. The van der Waals surface area contributed by atoms with E-state index in [0.717, 1.165) is 5.39 Å². The molecule has 0 spiro atoms. The number of methoxy groups -OCH3 is 1. The molecule has 17 heavy (non-hydrogen) atoms. The van der Waals surface area contributed by atoms with Crippen LogP contribution in [-0.2, 0) is 4.74 Å². The van der Waals surface area contributed by atoms with Gasteiger partial charge < -0.3 is 13.9 Å². The van der Waals surface area contributed by atoms with Gasteiger partial charge in [0.2, 0.25) is 0 Å². The van der Waals surface area contributed by atoms with Crippen LogP contribution in [-0.4, -0.2) is 19.7 Å². The molecule has 2 rings (SSSR count). The number of hydrogen-bond acceptors (Lipinski definition) is 4. The van der Waals surface area contributed by atoms with E-state index >= 15 is 0 Å². The summed E-state index contributed by atoms with van der Waals surface area (Å²) in [5.41, 5.74) is 0.590. The molecule has 0 saturated heterocycles. The number of benzene rings is 1. The number of fused-ring (bicyclic) bond motifs is 1. The maximum Gasteiger partial charge on any atom is 0.377 e. The molecule has 0 aliphatic carbocycles. The van der Waals surface area contributed by atoms with E-state index in [4.69, 9.17) is 9.15 Å². The fraction of sp³-hybridized carbons (Fsp3) is 0.154. The van der Waals surface area contributed by atoms with Crippen molar-refractivity contribution >= 4 is 16.9 Å². The van der Waals surface area contributed by atoms with Gasteiger partial charge in [-0.25, -0.2) is 4.79 Å². The molecule has 0 atom stereocenters. The lowest BCUT2D eigenvalue weighted by molar-refractivity contribution is 0.0562. The average Bonchev–Trinajstić information content (AvgIpc) is 2.74. The second kappa shape index (κ2) is 4.74. The Morgan fingerprint density at radius 3 is 2.94 bits per heavy atom. The first-order chi connectivity index (χ1) is 8.27. The third-order valence-corrected chi connectivity index (χ3v) is 2.27. The number of carbonyl (C=O) groups excluding carboxylic acids is 1. The Morgan fingerprint density at radius 2 is 2.24 bits per heavy atom. The minimum absolute atomic E-state index is 0.0792. The summed E-state index contributed by atoms with van der Waals surface area (Å²) in [6.07, 6.45) is 1.60. The average molecular weight is 232 g/mol. The van der Waals surface area contributed by atoms with Crippen LogP contribution in [0, 0.1) is 0 Å². The van der Waals surface area contributed by atoms with Crippen molar-refractivity contribution in [1.29, 1.82) is 0 Å². The standard InChI is InChI=1S/C13H12O4/c1-3-8-16-11-9-6-4-5-7-10(9)17-12(11)13(14)15-2/h3-7H,1,8H2,2H3. The zero-order valence-electron chi connectivity index (χ0n) is 9.43. The molecule has 1 aromatic heterocycles. The summed E-state index contributed by atoms with van der Waals surface area (Å²) >= 11 is 0. The van der Waals surface area contributed by atoms with Crippen LogP contribution in [0.3, 0.4) is 0 Å². The number of furan rings is 1. The Bertz CT molecular complexity index is 554. The highest BCUT2D eigenvalue weighted by Crippen LogP contribution is 2.33. The van der Waals surface area contributed by atoms with Gasteiger partial charge in [-0.05, 0) is 12.1 Å². The smallest absolute Gasteiger partial charge is 0.377 e. The van der Waals surface area contributed by atoms with Gasteiger partial charge in [-0.3, -0.25) is 0 Å². The predicted molar refractivity (Wildman–Crippen MR) is 63.2 cm³/mol. The first-order valence-corrected chi connectivity index (χ1v) is 5.11. The van der Waals surface area contributed by atoms with E-state index in [1.807, 2.05) is 18.2 Å². The highest BCUT2D eigenvalue weighted by molar-refractivity contribution is 5.98. The number of hydrogen-bond donors (Lipinski definition) is 0. The molecule has 0 amide bonds. The molecular weight excluding hydrogens is 220 g/mol. The molecule has 0 N–H and O–H groups in total. The molecule has 0 fully saturated rings. The molecule has 88 valence electrons. The summed E-state index contributed by atoms with van der Waals surface area (Å²) in [4.78, 5) is 11.5. The number of para-hydroxylation sites is 1. The van der Waals surface area contributed by atoms with Crippen LogP contribution in [0.5, 0.6) is 5.75 Å². The van der Waals surface area contributed by atoms with Crippen LogP contribution in [0.4, 0.5) is 0 Å². The predicted octanol–water partition coefficient (Wildman–Crippen LogP) is 2.78. The van der Waals surface area contributed by atoms with Crippen molar-refractivity contribution in [3.05, 3.63) is 42.7 Å². The normalized spacial score (nSPS) is 10.2. The second-order valence-electron chi connectivity index (χ2n) is 3.35. The van der Waals surface area contributed by atoms with Crippen molar-refractivity contribution in [2.24, 2.45) is 0 Å². The molecule has 1 heterocycles. The van der Waals surface area contributed by atoms with Gasteiger partial charge >= 0.3 is 5.97 Å². The fourth-order valence-electron chi connectivity index (χ4n) is 1.53. The Hall–Kier alpha value is -2.23. The first kappa shape index (κ1) is 11.3. The van der Waals surface area contributed by atoms with Crippen molar-refractivity contribution in [2.75, 3.05) is 13.7 Å². The van der Waals surface area contributed by atoms with Gasteiger partial charge in [-0.15, -0.1) is 0 Å². The van der Waals surface area contributed by atoms with Crippen molar-refractivity contribution in [3.8, 4) is 5.75 Å². The minimum Gasteiger partial charge on any atom is -0.485 e. The van der Waals surface area contributed by atoms with Gasteiger partial charge in [-0.2, -0.15) is 0 Å². The Balaban J connectivity index is 2.56. The maximum atomic E-state index is 11.5. The molecule has 0 saturated carbocycles. The first-order valence-electron chi connectivity index (χ1n) is 5.11. The van der Waals surface area contributed by atoms with Gasteiger partial charge in [0.15, 0.2) is 5.75 Å². The van der Waals surface area contributed by atoms with Crippen molar-refractivity contribution in [3.63, 3.8) is 0 Å². The van der Waals surface area contributed by atoms with Crippen molar-refractivity contribution in [2.45, 2.75) is 0 Å². The van der Waals surface area contributed by atoms with E-state index in [0.29, 0.717) is 17.9 Å². The Morgan fingerprint density at radius 1 is 1.47 bits per heavy atom. The fourth-order valence-corrected chi connectivity index (χ4v) is 1.53. The number of rotatable bonds is 4. The van der Waals surface area contributed by atoms with E-state index < -0.39 is 5.97 Å². The second-order valence-corrected chi connectivity index (χ2v) is 3.35. The zero-order chi connectivity index (χ0) is 12.3. The highest BCUT2D eigenvalue weighted by atomic mass is 16.5. The molecule has 1 aromatic carbocycles. The molecular formula is C13H12O4. The van der Waals surface area contributed by atoms with Crippen LogP contribution < -0.4 is 4.74 Å². The Kier molecular flexibility index (Phi) is 3.14. The van der Waals surface area contributed by atoms with Crippen LogP contribution in [0.1, 0.15) is 10.6 Å². The largest absolute Gasteiger partial charge is 0.485 e. The quantitative estimate of drug-likeness (QED) is 0.600. The SMILES string of the molecule is C=CCOc1c(C(=O)OC)oc2ccccc12. The van der Waals surface area contributed by atoms with E-state index in [1.165, 1.54) is 7.11 Å². The molecule has 4 heteroatoms. The van der Waals surface area contributed by atoms with Crippen LogP contribution in [0.2, 0.25) is 0 Å². The molecule has 0 aliphatic rings. The number of carbonyl (C=O) groups is 1. The molecule has 0 unspecified atom stereocenters. The topological polar surface area (TPSA) is 48.7 Å².